The lowest BCUT2D eigenvalue weighted by molar-refractivity contribution is -0.149. The second kappa shape index (κ2) is 27.9. The maximum atomic E-state index is 12.7. The molecule has 4 rings (SSSR count). The SMILES string of the molecule is C#CC.C/C=C\C(=C/C)CNC(C)=O.CC.CCCN(C)CC(=O)N1CC(=O)N(Cc2ccc(Cl)c3cccnc23)CC1C.CCc1ccc(O)cc1. The molecule has 9 nitrogen and oxygen atoms in total. The van der Waals surface area contributed by atoms with Crippen molar-refractivity contribution in [3.63, 3.8) is 0 Å². The number of piperazine rings is 1. The number of carbonyl (C=O) groups excluding carboxylic acids is 3. The van der Waals surface area contributed by atoms with E-state index in [1.54, 1.807) is 30.2 Å². The Balaban J connectivity index is 0.000000885. The number of nitrogens with zero attached hydrogens (tertiary/aromatic N) is 4. The fourth-order valence-electron chi connectivity index (χ4n) is 5.15. The van der Waals surface area contributed by atoms with Gasteiger partial charge in [-0.25, -0.2) is 0 Å². The summed E-state index contributed by atoms with van der Waals surface area (Å²) >= 11 is 6.27. The van der Waals surface area contributed by atoms with Crippen LogP contribution in [0.5, 0.6) is 5.75 Å². The molecule has 1 unspecified atom stereocenters. The van der Waals surface area contributed by atoms with Gasteiger partial charge in [-0.15, -0.1) is 12.3 Å². The number of hydrogen-bond acceptors (Lipinski definition) is 6. The van der Waals surface area contributed by atoms with Crippen LogP contribution in [0.3, 0.4) is 0 Å². The number of likely N-dealkylation sites (N-methyl/N-ethyl adjacent to an activating group) is 1. The Morgan fingerprint density at radius 3 is 2.32 bits per heavy atom. The van der Waals surface area contributed by atoms with E-state index >= 15 is 0 Å². The van der Waals surface area contributed by atoms with Crippen molar-refractivity contribution in [1.29, 1.82) is 0 Å². The van der Waals surface area contributed by atoms with Crippen LogP contribution in [0.2, 0.25) is 5.02 Å². The van der Waals surface area contributed by atoms with Crippen LogP contribution in [0, 0.1) is 12.3 Å². The second-order valence-electron chi connectivity index (χ2n) is 12.1. The molecule has 2 aromatic carbocycles. The third kappa shape index (κ3) is 18.6. The molecule has 0 saturated carbocycles. The molecule has 2 N–H and O–H groups in total. The summed E-state index contributed by atoms with van der Waals surface area (Å²) in [7, 11) is 1.93. The van der Waals surface area contributed by atoms with E-state index in [0.29, 0.717) is 37.0 Å². The number of rotatable bonds is 10. The van der Waals surface area contributed by atoms with Crippen LogP contribution in [0.15, 0.2) is 78.5 Å². The van der Waals surface area contributed by atoms with Crippen LogP contribution in [0.25, 0.3) is 10.9 Å². The van der Waals surface area contributed by atoms with Gasteiger partial charge in [0.1, 0.15) is 12.3 Å². The van der Waals surface area contributed by atoms with E-state index in [0.717, 1.165) is 41.4 Å². The molecule has 0 aliphatic carbocycles. The summed E-state index contributed by atoms with van der Waals surface area (Å²) in [6.45, 7) is 20.2. The first-order chi connectivity index (χ1) is 25.3. The molecule has 53 heavy (non-hydrogen) atoms. The predicted octanol–water partition coefficient (Wildman–Crippen LogP) is 8.05. The van der Waals surface area contributed by atoms with E-state index in [1.165, 1.54) is 12.5 Å². The van der Waals surface area contributed by atoms with Gasteiger partial charge in [0, 0.05) is 49.2 Å². The highest BCUT2D eigenvalue weighted by Crippen LogP contribution is 2.26. The van der Waals surface area contributed by atoms with E-state index in [4.69, 9.17) is 16.7 Å². The minimum atomic E-state index is -0.0383. The Bertz CT molecular complexity index is 1630. The Morgan fingerprint density at radius 2 is 1.77 bits per heavy atom. The number of phenols is 1. The van der Waals surface area contributed by atoms with Crippen LogP contribution in [-0.2, 0) is 27.3 Å². The number of aromatic nitrogens is 1. The third-order valence-corrected chi connectivity index (χ3v) is 8.13. The van der Waals surface area contributed by atoms with Crippen molar-refractivity contribution in [3.8, 4) is 18.1 Å². The average molecular weight is 748 g/mol. The zero-order chi connectivity index (χ0) is 40.3. The van der Waals surface area contributed by atoms with Crippen molar-refractivity contribution < 1.29 is 19.5 Å². The summed E-state index contributed by atoms with van der Waals surface area (Å²) in [4.78, 5) is 45.8. The monoisotopic (exact) mass is 747 g/mol. The molecule has 0 radical (unpaired) electrons. The van der Waals surface area contributed by atoms with Gasteiger partial charge in [-0.05, 0) is 101 Å². The molecule has 1 saturated heterocycles. The molecule has 10 heteroatoms. The van der Waals surface area contributed by atoms with Gasteiger partial charge in [0.15, 0.2) is 0 Å². The Hall–Kier alpha value is -4.65. The smallest absolute Gasteiger partial charge is 0.242 e. The molecule has 1 fully saturated rings. The van der Waals surface area contributed by atoms with Crippen LogP contribution in [0.4, 0.5) is 0 Å². The molecule has 290 valence electrons. The number of hydrogen-bond donors (Lipinski definition) is 2. The van der Waals surface area contributed by atoms with E-state index in [-0.39, 0.29) is 30.3 Å². The summed E-state index contributed by atoms with van der Waals surface area (Å²) in [5, 5.41) is 13.1. The second-order valence-corrected chi connectivity index (χ2v) is 12.5. The molecular formula is C43H62ClN5O4. The topological polar surface area (TPSA) is 106 Å². The highest BCUT2D eigenvalue weighted by atomic mass is 35.5. The maximum absolute atomic E-state index is 12.7. The van der Waals surface area contributed by atoms with Gasteiger partial charge < -0.3 is 20.2 Å². The van der Waals surface area contributed by atoms with Gasteiger partial charge in [-0.1, -0.05) is 75.7 Å². The largest absolute Gasteiger partial charge is 0.508 e. The Kier molecular flexibility index (Phi) is 25.5. The predicted molar refractivity (Wildman–Crippen MR) is 222 cm³/mol. The van der Waals surface area contributed by atoms with Crippen LogP contribution >= 0.6 is 11.6 Å². The molecule has 1 aliphatic rings. The van der Waals surface area contributed by atoms with Crippen molar-refractivity contribution in [2.24, 2.45) is 0 Å². The van der Waals surface area contributed by atoms with Crippen LogP contribution in [0.1, 0.15) is 79.9 Å². The summed E-state index contributed by atoms with van der Waals surface area (Å²) in [6, 6.07) is 14.8. The molecule has 3 aromatic rings. The molecule has 1 atom stereocenters. The number of pyridine rings is 1. The normalized spacial score (nSPS) is 13.7. The summed E-state index contributed by atoms with van der Waals surface area (Å²) in [5.74, 6) is 2.57. The van der Waals surface area contributed by atoms with Crippen molar-refractivity contribution >= 4 is 40.2 Å². The summed E-state index contributed by atoms with van der Waals surface area (Å²) < 4.78 is 0. The number of aryl methyl sites for hydroxylation is 1. The lowest BCUT2D eigenvalue weighted by atomic mass is 10.1. The number of allylic oxidation sites excluding steroid dienone is 2. The van der Waals surface area contributed by atoms with Crippen molar-refractivity contribution in [1.82, 2.24) is 25.0 Å². The molecule has 3 amide bonds. The zero-order valence-corrected chi connectivity index (χ0v) is 34.3. The third-order valence-electron chi connectivity index (χ3n) is 7.80. The quantitative estimate of drug-likeness (QED) is 0.161. The first kappa shape index (κ1) is 48.3. The lowest BCUT2D eigenvalue weighted by Crippen LogP contribution is -2.58. The first-order valence-electron chi connectivity index (χ1n) is 18.3. The molecular weight excluding hydrogens is 686 g/mol. The standard InChI is InChI=1S/C21H27ClN4O2.C9H15NO.C8H10O.C3H4.C2H6/c1-4-10-24(3)13-20(28)26-14-19(27)25(11-15(26)2)12-16-7-8-18(22)17-6-5-9-23-21(16)17;1-4-6-9(5-2)7-10-8(3)11;1-2-7-3-5-8(9)6-4-7;1-3-2;1-2/h5-9,15H,4,10-14H2,1-3H3;4-6H,7H2,1-3H3,(H,10,11);3-6,9H,2H2,1H3;1H,2H3;1-2H3/b;6-4-,9-5+;;;. The summed E-state index contributed by atoms with van der Waals surface area (Å²) in [6.07, 6.45) is 14.3. The summed E-state index contributed by atoms with van der Waals surface area (Å²) in [5.41, 5.74) is 4.16. The lowest BCUT2D eigenvalue weighted by Gasteiger charge is -2.40. The van der Waals surface area contributed by atoms with E-state index < -0.39 is 0 Å². The van der Waals surface area contributed by atoms with Crippen LogP contribution in [-0.4, -0.2) is 88.3 Å². The molecule has 2 heterocycles. The fourth-order valence-corrected chi connectivity index (χ4v) is 5.36. The molecule has 0 bridgehead atoms. The molecule has 0 spiro atoms. The number of phenolic OH excluding ortho intramolecular Hbond substituents is 1. The number of amides is 3. The fraction of sp³-hybridized carbons (Fsp3) is 0.442. The average Bonchev–Trinajstić information content (AvgIpc) is 3.14. The van der Waals surface area contributed by atoms with Gasteiger partial charge in [0.25, 0.3) is 0 Å². The van der Waals surface area contributed by atoms with E-state index in [1.807, 2.05) is 106 Å². The van der Waals surface area contributed by atoms with Gasteiger partial charge >= 0.3 is 0 Å². The highest BCUT2D eigenvalue weighted by Gasteiger charge is 2.33. The number of carbonyl (C=O) groups is 3. The van der Waals surface area contributed by atoms with Gasteiger partial charge in [0.2, 0.25) is 17.7 Å². The molecule has 1 aliphatic heterocycles. The Morgan fingerprint density at radius 1 is 1.13 bits per heavy atom. The van der Waals surface area contributed by atoms with Crippen molar-refractivity contribution in [2.75, 3.05) is 39.8 Å². The van der Waals surface area contributed by atoms with E-state index in [9.17, 15) is 14.4 Å². The highest BCUT2D eigenvalue weighted by molar-refractivity contribution is 6.35. The number of fused-ring (bicyclic) bond motifs is 1. The number of benzene rings is 2. The zero-order valence-electron chi connectivity index (χ0n) is 33.6. The first-order valence-corrected chi connectivity index (χ1v) is 18.7. The maximum Gasteiger partial charge on any atom is 0.242 e. The molecule has 1 aromatic heterocycles. The number of halogens is 1. The Labute approximate surface area is 324 Å². The van der Waals surface area contributed by atoms with Crippen molar-refractivity contribution in [2.45, 2.75) is 87.7 Å². The van der Waals surface area contributed by atoms with Gasteiger partial charge in [-0.3, -0.25) is 24.3 Å². The minimum absolute atomic E-state index is 0.00820. The number of terminal acetylenes is 1. The minimum Gasteiger partial charge on any atom is -0.508 e. The number of aromatic hydroxyl groups is 1. The van der Waals surface area contributed by atoms with Gasteiger partial charge in [0.05, 0.1) is 12.1 Å². The van der Waals surface area contributed by atoms with Gasteiger partial charge in [-0.2, -0.15) is 0 Å². The number of nitrogens with one attached hydrogen (secondary N) is 1. The van der Waals surface area contributed by atoms with E-state index in [2.05, 4.69) is 36.5 Å². The van der Waals surface area contributed by atoms with Crippen LogP contribution < -0.4 is 5.32 Å². The van der Waals surface area contributed by atoms with Crippen molar-refractivity contribution in [3.05, 3.63) is 94.7 Å².